The van der Waals surface area contributed by atoms with Crippen LogP contribution in [0.5, 0.6) is 0 Å². The Morgan fingerprint density at radius 2 is 1.89 bits per heavy atom. The van der Waals surface area contributed by atoms with Gasteiger partial charge in [0.05, 0.1) is 6.61 Å². The molecular formula is C17H29NO. The molecule has 1 rings (SSSR count). The first kappa shape index (κ1) is 16.2. The predicted molar refractivity (Wildman–Crippen MR) is 82.8 cm³/mol. The normalized spacial score (nSPS) is 12.6. The van der Waals surface area contributed by atoms with Gasteiger partial charge < -0.3 is 10.1 Å². The molecule has 2 heteroatoms. The second-order valence-corrected chi connectivity index (χ2v) is 5.59. The van der Waals surface area contributed by atoms with Gasteiger partial charge in [0.1, 0.15) is 0 Å². The Morgan fingerprint density at radius 1 is 1.11 bits per heavy atom. The van der Waals surface area contributed by atoms with Crippen LogP contribution < -0.4 is 5.32 Å². The number of ether oxygens (including phenoxy) is 1. The summed E-state index contributed by atoms with van der Waals surface area (Å²) in [5.41, 5.74) is 4.27. The summed E-state index contributed by atoms with van der Waals surface area (Å²) >= 11 is 0. The molecule has 1 N–H and O–H groups in total. The van der Waals surface area contributed by atoms with Crippen molar-refractivity contribution in [3.63, 3.8) is 0 Å². The molecule has 0 radical (unpaired) electrons. The summed E-state index contributed by atoms with van der Waals surface area (Å²) in [4.78, 5) is 0. The van der Waals surface area contributed by atoms with E-state index in [1.165, 1.54) is 36.0 Å². The van der Waals surface area contributed by atoms with Gasteiger partial charge >= 0.3 is 0 Å². The quantitative estimate of drug-likeness (QED) is 0.689. The zero-order valence-electron chi connectivity index (χ0n) is 13.0. The zero-order chi connectivity index (χ0) is 14.1. The summed E-state index contributed by atoms with van der Waals surface area (Å²) in [5, 5.41) is 3.41. The Labute approximate surface area is 118 Å². The standard InChI is InChI=1S/C17H29NO/c1-14(9-10-18-11-12-19-4)5-7-17-8-6-15(2)16(3)13-17/h6,8,13-14,18H,5,7,9-12H2,1-4H3. The first-order chi connectivity index (χ1) is 9.13. The molecule has 19 heavy (non-hydrogen) atoms. The Hall–Kier alpha value is -0.860. The molecule has 1 aromatic carbocycles. The third-order valence-corrected chi connectivity index (χ3v) is 3.79. The van der Waals surface area contributed by atoms with E-state index in [9.17, 15) is 0 Å². The van der Waals surface area contributed by atoms with E-state index in [4.69, 9.17) is 4.74 Å². The Balaban J connectivity index is 2.18. The van der Waals surface area contributed by atoms with Crippen LogP contribution in [0, 0.1) is 19.8 Å². The lowest BCUT2D eigenvalue weighted by atomic mass is 9.96. The molecule has 0 spiro atoms. The van der Waals surface area contributed by atoms with Crippen LogP contribution in [0.3, 0.4) is 0 Å². The van der Waals surface area contributed by atoms with Gasteiger partial charge in [-0.2, -0.15) is 0 Å². The van der Waals surface area contributed by atoms with Crippen molar-refractivity contribution in [2.45, 2.75) is 40.0 Å². The maximum atomic E-state index is 5.01. The summed E-state index contributed by atoms with van der Waals surface area (Å²) in [6.45, 7) is 9.57. The zero-order valence-corrected chi connectivity index (χ0v) is 13.0. The summed E-state index contributed by atoms with van der Waals surface area (Å²) in [6.07, 6.45) is 3.71. The number of rotatable bonds is 9. The van der Waals surface area contributed by atoms with E-state index in [-0.39, 0.29) is 0 Å². The van der Waals surface area contributed by atoms with Gasteiger partial charge in [0.25, 0.3) is 0 Å². The van der Waals surface area contributed by atoms with Crippen molar-refractivity contribution in [1.82, 2.24) is 5.32 Å². The average Bonchev–Trinajstić information content (AvgIpc) is 2.40. The largest absolute Gasteiger partial charge is 0.383 e. The Kier molecular flexibility index (Phi) is 7.76. The van der Waals surface area contributed by atoms with E-state index in [1.54, 1.807) is 7.11 Å². The van der Waals surface area contributed by atoms with E-state index in [2.05, 4.69) is 44.3 Å². The van der Waals surface area contributed by atoms with Crippen molar-refractivity contribution in [1.29, 1.82) is 0 Å². The van der Waals surface area contributed by atoms with Gasteiger partial charge in [-0.15, -0.1) is 0 Å². The molecule has 0 saturated heterocycles. The average molecular weight is 263 g/mol. The van der Waals surface area contributed by atoms with E-state index in [0.717, 1.165) is 25.6 Å². The minimum atomic E-state index is 0.775. The Bertz CT molecular complexity index is 362. The van der Waals surface area contributed by atoms with E-state index < -0.39 is 0 Å². The molecule has 2 nitrogen and oxygen atoms in total. The van der Waals surface area contributed by atoms with Crippen LogP contribution in [-0.2, 0) is 11.2 Å². The molecule has 0 heterocycles. The molecule has 1 unspecified atom stereocenters. The summed E-state index contributed by atoms with van der Waals surface area (Å²) in [7, 11) is 1.74. The molecule has 1 aromatic rings. The van der Waals surface area contributed by atoms with Crippen LogP contribution in [0.2, 0.25) is 0 Å². The predicted octanol–water partition coefficient (Wildman–Crippen LogP) is 3.50. The lowest BCUT2D eigenvalue weighted by Crippen LogP contribution is -2.21. The van der Waals surface area contributed by atoms with Crippen molar-refractivity contribution in [3.05, 3.63) is 34.9 Å². The third-order valence-electron chi connectivity index (χ3n) is 3.79. The van der Waals surface area contributed by atoms with Gasteiger partial charge in [-0.3, -0.25) is 0 Å². The van der Waals surface area contributed by atoms with Crippen LogP contribution in [0.25, 0.3) is 0 Å². The first-order valence-corrected chi connectivity index (χ1v) is 7.39. The topological polar surface area (TPSA) is 21.3 Å². The maximum Gasteiger partial charge on any atom is 0.0587 e. The highest BCUT2D eigenvalue weighted by molar-refractivity contribution is 5.29. The third kappa shape index (κ3) is 6.74. The van der Waals surface area contributed by atoms with Crippen LogP contribution in [0.4, 0.5) is 0 Å². The number of nitrogens with one attached hydrogen (secondary N) is 1. The SMILES string of the molecule is COCCNCCC(C)CCc1ccc(C)c(C)c1. The van der Waals surface area contributed by atoms with Crippen LogP contribution in [-0.4, -0.2) is 26.8 Å². The summed E-state index contributed by atoms with van der Waals surface area (Å²) in [6, 6.07) is 6.84. The minimum absolute atomic E-state index is 0.775. The highest BCUT2D eigenvalue weighted by Gasteiger charge is 2.03. The lowest BCUT2D eigenvalue weighted by Gasteiger charge is -2.12. The fourth-order valence-corrected chi connectivity index (χ4v) is 2.16. The maximum absolute atomic E-state index is 5.01. The molecule has 0 bridgehead atoms. The number of aryl methyl sites for hydroxylation is 3. The van der Waals surface area contributed by atoms with Gasteiger partial charge in [-0.05, 0) is 62.3 Å². The van der Waals surface area contributed by atoms with Gasteiger partial charge in [0, 0.05) is 13.7 Å². The fourth-order valence-electron chi connectivity index (χ4n) is 2.16. The van der Waals surface area contributed by atoms with Crippen molar-refractivity contribution < 1.29 is 4.74 Å². The van der Waals surface area contributed by atoms with E-state index in [1.807, 2.05) is 0 Å². The van der Waals surface area contributed by atoms with Crippen molar-refractivity contribution in [2.24, 2.45) is 5.92 Å². The van der Waals surface area contributed by atoms with Crippen LogP contribution in [0.1, 0.15) is 36.5 Å². The summed E-state index contributed by atoms with van der Waals surface area (Å²) < 4.78 is 5.01. The molecule has 108 valence electrons. The number of hydrogen-bond acceptors (Lipinski definition) is 2. The molecule has 0 fully saturated rings. The van der Waals surface area contributed by atoms with E-state index >= 15 is 0 Å². The second-order valence-electron chi connectivity index (χ2n) is 5.59. The van der Waals surface area contributed by atoms with Gasteiger partial charge in [0.15, 0.2) is 0 Å². The van der Waals surface area contributed by atoms with Gasteiger partial charge in [-0.25, -0.2) is 0 Å². The van der Waals surface area contributed by atoms with E-state index in [0.29, 0.717) is 0 Å². The van der Waals surface area contributed by atoms with Gasteiger partial charge in [-0.1, -0.05) is 25.1 Å². The smallest absolute Gasteiger partial charge is 0.0587 e. The molecular weight excluding hydrogens is 234 g/mol. The van der Waals surface area contributed by atoms with Crippen LogP contribution in [0.15, 0.2) is 18.2 Å². The van der Waals surface area contributed by atoms with Crippen molar-refractivity contribution in [2.75, 3.05) is 26.8 Å². The lowest BCUT2D eigenvalue weighted by molar-refractivity contribution is 0.199. The van der Waals surface area contributed by atoms with Gasteiger partial charge in [0.2, 0.25) is 0 Å². The molecule has 0 aliphatic heterocycles. The minimum Gasteiger partial charge on any atom is -0.383 e. The second kappa shape index (κ2) is 9.11. The first-order valence-electron chi connectivity index (χ1n) is 7.39. The molecule has 0 saturated carbocycles. The number of benzene rings is 1. The molecule has 0 aliphatic carbocycles. The fraction of sp³-hybridized carbons (Fsp3) is 0.647. The van der Waals surface area contributed by atoms with Crippen molar-refractivity contribution >= 4 is 0 Å². The van der Waals surface area contributed by atoms with Crippen molar-refractivity contribution in [3.8, 4) is 0 Å². The molecule has 0 aromatic heterocycles. The highest BCUT2D eigenvalue weighted by atomic mass is 16.5. The highest BCUT2D eigenvalue weighted by Crippen LogP contribution is 2.15. The summed E-state index contributed by atoms with van der Waals surface area (Å²) in [5.74, 6) is 0.775. The Morgan fingerprint density at radius 3 is 2.58 bits per heavy atom. The molecule has 1 atom stereocenters. The molecule has 0 amide bonds. The molecule has 0 aliphatic rings. The number of methoxy groups -OCH3 is 1. The monoisotopic (exact) mass is 263 g/mol. The van der Waals surface area contributed by atoms with Crippen LogP contribution >= 0.6 is 0 Å². The number of hydrogen-bond donors (Lipinski definition) is 1.